The number of hydrogen-bond acceptors (Lipinski definition) is 3. The fourth-order valence-corrected chi connectivity index (χ4v) is 3.79. The molecule has 2 amide bonds. The number of nitrogens with one attached hydrogen (secondary N) is 1. The zero-order valence-corrected chi connectivity index (χ0v) is 19.2. The molecule has 1 aliphatic rings. The Morgan fingerprint density at radius 2 is 1.67 bits per heavy atom. The van der Waals surface area contributed by atoms with E-state index >= 15 is 0 Å². The first-order chi connectivity index (χ1) is 14.0. The number of benzene rings is 2. The number of carbonyl (C=O) groups is 2. The molecule has 0 aliphatic carbocycles. The molecule has 1 heterocycles. The predicted octanol–water partition coefficient (Wildman–Crippen LogP) is 5.78. The Hall–Kier alpha value is -1.95. The Labute approximate surface area is 191 Å². The number of nitrogens with zero attached hydrogens (tertiary/aromatic N) is 1. The Morgan fingerprint density at radius 1 is 1.00 bits per heavy atom. The Morgan fingerprint density at radius 3 is 2.27 bits per heavy atom. The molecule has 2 aromatic carbocycles. The van der Waals surface area contributed by atoms with Crippen LogP contribution in [0.1, 0.15) is 42.6 Å². The fourth-order valence-electron chi connectivity index (χ4n) is 3.36. The van der Waals surface area contributed by atoms with Gasteiger partial charge in [0.15, 0.2) is 0 Å². The molecule has 0 bridgehead atoms. The van der Waals surface area contributed by atoms with E-state index in [1.165, 1.54) is 0 Å². The van der Waals surface area contributed by atoms with E-state index in [0.717, 1.165) is 5.56 Å². The predicted molar refractivity (Wildman–Crippen MR) is 120 cm³/mol. The monoisotopic (exact) mass is 468 g/mol. The fraction of sp³-hybridized carbons (Fsp3) is 0.364. The zero-order valence-electron chi connectivity index (χ0n) is 16.9. The van der Waals surface area contributed by atoms with Crippen molar-refractivity contribution in [2.75, 3.05) is 13.1 Å². The van der Waals surface area contributed by atoms with Gasteiger partial charge < -0.3 is 15.0 Å². The van der Waals surface area contributed by atoms with Gasteiger partial charge in [0.1, 0.15) is 5.60 Å². The highest BCUT2D eigenvalue weighted by molar-refractivity contribution is 6.42. The summed E-state index contributed by atoms with van der Waals surface area (Å²) < 4.78 is 5.51. The maximum Gasteiger partial charge on any atom is 0.410 e. The summed E-state index contributed by atoms with van der Waals surface area (Å²) in [5.74, 6) is -0.406. The molecule has 5 nitrogen and oxygen atoms in total. The highest BCUT2D eigenvalue weighted by Gasteiger charge is 2.39. The van der Waals surface area contributed by atoms with Crippen molar-refractivity contribution in [2.24, 2.45) is 0 Å². The van der Waals surface area contributed by atoms with E-state index in [1.807, 2.05) is 26.8 Å². The lowest BCUT2D eigenvalue weighted by atomic mass is 9.94. The molecule has 0 saturated carbocycles. The molecule has 0 aromatic heterocycles. The van der Waals surface area contributed by atoms with Gasteiger partial charge in [-0.3, -0.25) is 4.79 Å². The largest absolute Gasteiger partial charge is 0.444 e. The minimum atomic E-state index is -0.610. The van der Waals surface area contributed by atoms with E-state index in [2.05, 4.69) is 5.32 Å². The van der Waals surface area contributed by atoms with Gasteiger partial charge in [0.05, 0.1) is 16.1 Å². The van der Waals surface area contributed by atoms with Gasteiger partial charge in [0.2, 0.25) is 0 Å². The van der Waals surface area contributed by atoms with Crippen molar-refractivity contribution < 1.29 is 14.3 Å². The average Bonchev–Trinajstić information content (AvgIpc) is 3.07. The molecule has 160 valence electrons. The van der Waals surface area contributed by atoms with Gasteiger partial charge in [0, 0.05) is 29.6 Å². The second-order valence-electron chi connectivity index (χ2n) is 8.25. The summed E-state index contributed by atoms with van der Waals surface area (Å²) in [6.45, 7) is 6.16. The standard InChI is InChI=1S/C22H23Cl3N2O3/c1-22(2,3)30-21(29)27-11-16(14-6-9-17(24)18(25)10-14)19(12-27)26-20(28)13-4-7-15(23)8-5-13/h4-10,16,19H,11-12H2,1-3H3,(H,26,28). The van der Waals surface area contributed by atoms with Crippen LogP contribution in [-0.2, 0) is 4.74 Å². The number of amides is 2. The smallest absolute Gasteiger partial charge is 0.410 e. The molecule has 0 spiro atoms. The molecule has 2 unspecified atom stereocenters. The van der Waals surface area contributed by atoms with Crippen LogP contribution in [0.3, 0.4) is 0 Å². The van der Waals surface area contributed by atoms with Crippen molar-refractivity contribution in [2.45, 2.75) is 38.3 Å². The summed E-state index contributed by atoms with van der Waals surface area (Å²) in [7, 11) is 0. The van der Waals surface area contributed by atoms with Crippen molar-refractivity contribution in [3.8, 4) is 0 Å². The van der Waals surface area contributed by atoms with Crippen LogP contribution >= 0.6 is 34.8 Å². The zero-order chi connectivity index (χ0) is 22.1. The molecule has 1 aliphatic heterocycles. The van der Waals surface area contributed by atoms with Crippen molar-refractivity contribution >= 4 is 46.8 Å². The van der Waals surface area contributed by atoms with E-state index in [1.54, 1.807) is 41.3 Å². The molecule has 2 atom stereocenters. The Bertz CT molecular complexity index is 942. The SMILES string of the molecule is CC(C)(C)OC(=O)N1CC(NC(=O)c2ccc(Cl)cc2)C(c2ccc(Cl)c(Cl)c2)C1. The third kappa shape index (κ3) is 5.60. The van der Waals surface area contributed by atoms with Gasteiger partial charge in [-0.05, 0) is 62.7 Å². The quantitative estimate of drug-likeness (QED) is 0.620. The molecule has 1 N–H and O–H groups in total. The van der Waals surface area contributed by atoms with E-state index in [-0.39, 0.29) is 17.9 Å². The normalized spacial score (nSPS) is 18.9. The van der Waals surface area contributed by atoms with Crippen LogP contribution in [0.15, 0.2) is 42.5 Å². The maximum absolute atomic E-state index is 12.8. The topological polar surface area (TPSA) is 58.6 Å². The van der Waals surface area contributed by atoms with Crippen LogP contribution in [-0.4, -0.2) is 41.6 Å². The minimum Gasteiger partial charge on any atom is -0.444 e. The summed E-state index contributed by atoms with van der Waals surface area (Å²) in [5.41, 5.74) is 0.765. The number of halogens is 3. The molecule has 2 aromatic rings. The molecule has 8 heteroatoms. The number of likely N-dealkylation sites (tertiary alicyclic amines) is 1. The Balaban J connectivity index is 1.84. The first-order valence-electron chi connectivity index (χ1n) is 9.53. The van der Waals surface area contributed by atoms with E-state index in [0.29, 0.717) is 33.7 Å². The summed E-state index contributed by atoms with van der Waals surface area (Å²) in [6.07, 6.45) is -0.421. The van der Waals surface area contributed by atoms with Crippen LogP contribution in [0.5, 0.6) is 0 Å². The molecular formula is C22H23Cl3N2O3. The van der Waals surface area contributed by atoms with Crippen molar-refractivity contribution in [1.29, 1.82) is 0 Å². The minimum absolute atomic E-state index is 0.163. The van der Waals surface area contributed by atoms with Gasteiger partial charge in [0.25, 0.3) is 5.91 Å². The van der Waals surface area contributed by atoms with Crippen molar-refractivity contribution in [1.82, 2.24) is 10.2 Å². The molecule has 1 fully saturated rings. The van der Waals surface area contributed by atoms with Crippen LogP contribution < -0.4 is 5.32 Å². The molecule has 30 heavy (non-hydrogen) atoms. The van der Waals surface area contributed by atoms with Gasteiger partial charge in [-0.15, -0.1) is 0 Å². The van der Waals surface area contributed by atoms with Gasteiger partial charge in [-0.2, -0.15) is 0 Å². The lowest BCUT2D eigenvalue weighted by Crippen LogP contribution is -2.41. The first-order valence-corrected chi connectivity index (χ1v) is 10.7. The van der Waals surface area contributed by atoms with Gasteiger partial charge >= 0.3 is 6.09 Å². The van der Waals surface area contributed by atoms with Gasteiger partial charge in [-0.1, -0.05) is 40.9 Å². The number of hydrogen-bond donors (Lipinski definition) is 1. The third-order valence-electron chi connectivity index (χ3n) is 4.77. The summed E-state index contributed by atoms with van der Waals surface area (Å²) in [5, 5.41) is 4.46. The second-order valence-corrected chi connectivity index (χ2v) is 9.50. The number of ether oxygens (including phenoxy) is 1. The van der Waals surface area contributed by atoms with Crippen LogP contribution in [0.4, 0.5) is 4.79 Å². The van der Waals surface area contributed by atoms with Crippen LogP contribution in [0.25, 0.3) is 0 Å². The molecule has 1 saturated heterocycles. The van der Waals surface area contributed by atoms with Crippen molar-refractivity contribution in [3.05, 3.63) is 68.7 Å². The number of carbonyl (C=O) groups excluding carboxylic acids is 2. The Kier molecular flexibility index (Phi) is 6.85. The van der Waals surface area contributed by atoms with E-state index < -0.39 is 11.7 Å². The average molecular weight is 470 g/mol. The highest BCUT2D eigenvalue weighted by atomic mass is 35.5. The van der Waals surface area contributed by atoms with E-state index in [4.69, 9.17) is 39.5 Å². The third-order valence-corrected chi connectivity index (χ3v) is 5.76. The summed E-state index contributed by atoms with van der Waals surface area (Å²) >= 11 is 18.2. The first kappa shape index (κ1) is 22.7. The second kappa shape index (κ2) is 9.04. The summed E-state index contributed by atoms with van der Waals surface area (Å²) in [4.78, 5) is 27.0. The summed E-state index contributed by atoms with van der Waals surface area (Å²) in [6, 6.07) is 11.7. The van der Waals surface area contributed by atoms with Gasteiger partial charge in [-0.25, -0.2) is 4.79 Å². The number of rotatable bonds is 3. The van der Waals surface area contributed by atoms with E-state index in [9.17, 15) is 9.59 Å². The molecule has 0 radical (unpaired) electrons. The highest BCUT2D eigenvalue weighted by Crippen LogP contribution is 2.33. The molecule has 3 rings (SSSR count). The van der Waals surface area contributed by atoms with Crippen LogP contribution in [0.2, 0.25) is 15.1 Å². The van der Waals surface area contributed by atoms with Crippen molar-refractivity contribution in [3.63, 3.8) is 0 Å². The molecular weight excluding hydrogens is 447 g/mol. The lowest BCUT2D eigenvalue weighted by molar-refractivity contribution is 0.0288. The van der Waals surface area contributed by atoms with Crippen LogP contribution in [0, 0.1) is 0 Å². The lowest BCUT2D eigenvalue weighted by Gasteiger charge is -2.24. The maximum atomic E-state index is 12.8.